The lowest BCUT2D eigenvalue weighted by Gasteiger charge is -2.31. The SMILES string of the molecule is CCCCC1=Nc2c(N)nc3cc(C#CCN4CCNCC4)ccc3c2CCC(CC(C)(CO)CO)C1. The highest BCUT2D eigenvalue weighted by molar-refractivity contribution is 5.95. The van der Waals surface area contributed by atoms with Crippen molar-refractivity contribution >= 4 is 28.1 Å². The van der Waals surface area contributed by atoms with E-state index in [1.807, 2.05) is 13.0 Å². The number of aliphatic hydroxyl groups excluding tert-OH is 2. The van der Waals surface area contributed by atoms with Gasteiger partial charge in [-0.15, -0.1) is 0 Å². The van der Waals surface area contributed by atoms with Crippen LogP contribution in [0.25, 0.3) is 10.9 Å². The number of aliphatic imine (C=N–C) groups is 1. The van der Waals surface area contributed by atoms with Gasteiger partial charge in [-0.2, -0.15) is 0 Å². The van der Waals surface area contributed by atoms with Crippen LogP contribution >= 0.6 is 0 Å². The molecule has 3 heterocycles. The average Bonchev–Trinajstić information content (AvgIpc) is 2.90. The summed E-state index contributed by atoms with van der Waals surface area (Å²) >= 11 is 0. The van der Waals surface area contributed by atoms with Crippen molar-refractivity contribution in [3.05, 3.63) is 29.3 Å². The Bertz CT molecular complexity index is 1160. The summed E-state index contributed by atoms with van der Waals surface area (Å²) in [6.07, 6.45) is 6.55. The predicted molar refractivity (Wildman–Crippen MR) is 152 cm³/mol. The second-order valence-corrected chi connectivity index (χ2v) is 11.1. The number of fused-ring (bicyclic) bond motifs is 3. The van der Waals surface area contributed by atoms with E-state index in [9.17, 15) is 10.2 Å². The van der Waals surface area contributed by atoms with Crippen LogP contribution in [0.2, 0.25) is 0 Å². The summed E-state index contributed by atoms with van der Waals surface area (Å²) in [6, 6.07) is 6.25. The van der Waals surface area contributed by atoms with Crippen LogP contribution in [-0.4, -0.2) is 71.7 Å². The minimum Gasteiger partial charge on any atom is -0.396 e. The number of nitrogen functional groups attached to an aromatic ring is 1. The third-order valence-corrected chi connectivity index (χ3v) is 7.80. The van der Waals surface area contributed by atoms with Crippen LogP contribution in [0.1, 0.15) is 63.5 Å². The van der Waals surface area contributed by atoms with Crippen molar-refractivity contribution in [2.24, 2.45) is 16.3 Å². The quantitative estimate of drug-likeness (QED) is 0.408. The molecule has 200 valence electrons. The number of anilines is 1. The zero-order valence-corrected chi connectivity index (χ0v) is 22.5. The number of hydrogen-bond donors (Lipinski definition) is 4. The lowest BCUT2D eigenvalue weighted by atomic mass is 9.77. The van der Waals surface area contributed by atoms with Gasteiger partial charge in [-0.1, -0.05) is 38.2 Å². The number of aliphatic hydroxyl groups is 2. The van der Waals surface area contributed by atoms with Gasteiger partial charge in [-0.25, -0.2) is 4.98 Å². The number of aromatic nitrogens is 1. The first kappa shape index (κ1) is 27.5. The lowest BCUT2D eigenvalue weighted by Crippen LogP contribution is -2.43. The van der Waals surface area contributed by atoms with Crippen molar-refractivity contribution in [3.63, 3.8) is 0 Å². The lowest BCUT2D eigenvalue weighted by molar-refractivity contribution is 0.0479. The van der Waals surface area contributed by atoms with Gasteiger partial charge >= 0.3 is 0 Å². The van der Waals surface area contributed by atoms with Crippen LogP contribution in [0, 0.1) is 23.2 Å². The summed E-state index contributed by atoms with van der Waals surface area (Å²) in [6.45, 7) is 9.01. The van der Waals surface area contributed by atoms with Crippen molar-refractivity contribution in [2.45, 2.75) is 58.8 Å². The van der Waals surface area contributed by atoms with Crippen LogP contribution in [0.4, 0.5) is 11.5 Å². The fourth-order valence-corrected chi connectivity index (χ4v) is 5.50. The molecule has 2 aliphatic rings. The van der Waals surface area contributed by atoms with Crippen molar-refractivity contribution in [2.75, 3.05) is 51.7 Å². The van der Waals surface area contributed by atoms with Crippen LogP contribution in [0.5, 0.6) is 0 Å². The minimum absolute atomic E-state index is 0.0176. The molecule has 0 amide bonds. The molecule has 2 aliphatic heterocycles. The monoisotopic (exact) mass is 505 g/mol. The zero-order chi connectivity index (χ0) is 26.3. The molecule has 5 N–H and O–H groups in total. The van der Waals surface area contributed by atoms with Gasteiger partial charge in [-0.05, 0) is 62.1 Å². The Morgan fingerprint density at radius 2 is 2.00 bits per heavy atom. The maximum absolute atomic E-state index is 9.91. The zero-order valence-electron chi connectivity index (χ0n) is 22.5. The Hall–Kier alpha value is -2.50. The number of unbranched alkanes of at least 4 members (excludes halogenated alkanes) is 1. The predicted octanol–water partition coefficient (Wildman–Crippen LogP) is 3.67. The molecule has 4 rings (SSSR count). The molecule has 0 spiro atoms. The van der Waals surface area contributed by atoms with Crippen molar-refractivity contribution in [1.82, 2.24) is 15.2 Å². The first-order valence-corrected chi connectivity index (χ1v) is 13.9. The normalized spacial score (nSPS) is 18.9. The fourth-order valence-electron chi connectivity index (χ4n) is 5.50. The Morgan fingerprint density at radius 3 is 2.73 bits per heavy atom. The van der Waals surface area contributed by atoms with Crippen molar-refractivity contribution in [3.8, 4) is 11.8 Å². The third kappa shape index (κ3) is 7.08. The van der Waals surface area contributed by atoms with E-state index in [2.05, 4.69) is 41.1 Å². The van der Waals surface area contributed by atoms with Gasteiger partial charge in [0, 0.05) is 48.3 Å². The smallest absolute Gasteiger partial charge is 0.150 e. The van der Waals surface area contributed by atoms with Crippen LogP contribution in [-0.2, 0) is 6.42 Å². The van der Waals surface area contributed by atoms with Gasteiger partial charge < -0.3 is 21.3 Å². The Morgan fingerprint density at radius 1 is 1.22 bits per heavy atom. The van der Waals surface area contributed by atoms with Gasteiger partial charge in [0.15, 0.2) is 0 Å². The highest BCUT2D eigenvalue weighted by Gasteiger charge is 2.29. The number of hydrogen-bond acceptors (Lipinski definition) is 7. The van der Waals surface area contributed by atoms with E-state index in [1.165, 1.54) is 0 Å². The molecule has 0 bridgehead atoms. The molecule has 1 aromatic carbocycles. The summed E-state index contributed by atoms with van der Waals surface area (Å²) in [7, 11) is 0. The molecule has 0 aliphatic carbocycles. The first-order valence-electron chi connectivity index (χ1n) is 13.9. The average molecular weight is 506 g/mol. The first-order chi connectivity index (χ1) is 17.9. The van der Waals surface area contributed by atoms with E-state index in [0.29, 0.717) is 11.7 Å². The molecule has 2 aromatic rings. The third-order valence-electron chi connectivity index (χ3n) is 7.80. The summed E-state index contributed by atoms with van der Waals surface area (Å²) in [5, 5.41) is 24.3. The molecule has 1 unspecified atom stereocenters. The van der Waals surface area contributed by atoms with E-state index in [1.54, 1.807) is 0 Å². The van der Waals surface area contributed by atoms with Gasteiger partial charge in [0.2, 0.25) is 0 Å². The molecule has 1 aromatic heterocycles. The highest BCUT2D eigenvalue weighted by atomic mass is 16.3. The number of nitrogens with two attached hydrogens (primary N) is 1. The van der Waals surface area contributed by atoms with Gasteiger partial charge in [-0.3, -0.25) is 9.89 Å². The Balaban J connectivity index is 1.64. The number of pyridine rings is 1. The van der Waals surface area contributed by atoms with E-state index >= 15 is 0 Å². The van der Waals surface area contributed by atoms with Gasteiger partial charge in [0.1, 0.15) is 11.5 Å². The second kappa shape index (κ2) is 12.8. The summed E-state index contributed by atoms with van der Waals surface area (Å²) in [4.78, 5) is 12.2. The van der Waals surface area contributed by atoms with E-state index in [4.69, 9.17) is 15.7 Å². The fraction of sp³-hybridized carbons (Fsp3) is 0.600. The molecule has 37 heavy (non-hydrogen) atoms. The van der Waals surface area contributed by atoms with Crippen LogP contribution in [0.15, 0.2) is 23.2 Å². The van der Waals surface area contributed by atoms with E-state index in [0.717, 1.165) is 111 Å². The van der Waals surface area contributed by atoms with Crippen LogP contribution in [0.3, 0.4) is 0 Å². The Labute approximate surface area is 221 Å². The number of piperazine rings is 1. The number of rotatable bonds is 8. The molecular weight excluding hydrogens is 462 g/mol. The molecule has 0 saturated carbocycles. The number of benzene rings is 1. The maximum atomic E-state index is 9.91. The molecule has 1 fully saturated rings. The standard InChI is InChI=1S/C30H43N5O2/c1-3-4-7-24-17-23(19-30(2,20-36)21-37)9-11-26-25-10-8-22(6-5-14-35-15-12-32-13-16-35)18-27(25)34-29(31)28(26)33-24/h8,10,18,23,32,36-37H,3-4,7,9,11-17,19-21H2,1-2H3,(H2,31,34). The van der Waals surface area contributed by atoms with Crippen molar-refractivity contribution in [1.29, 1.82) is 0 Å². The largest absolute Gasteiger partial charge is 0.396 e. The number of nitrogens with zero attached hydrogens (tertiary/aromatic N) is 3. The number of aryl methyl sites for hydroxylation is 1. The van der Waals surface area contributed by atoms with Gasteiger partial charge in [0.25, 0.3) is 0 Å². The van der Waals surface area contributed by atoms with Crippen LogP contribution < -0.4 is 11.1 Å². The summed E-state index contributed by atoms with van der Waals surface area (Å²) < 4.78 is 0. The molecule has 1 saturated heterocycles. The molecular formula is C30H43N5O2. The molecule has 7 nitrogen and oxygen atoms in total. The van der Waals surface area contributed by atoms with Gasteiger partial charge in [0.05, 0.1) is 25.3 Å². The topological polar surface area (TPSA) is 107 Å². The van der Waals surface area contributed by atoms with Crippen molar-refractivity contribution < 1.29 is 10.2 Å². The molecule has 7 heteroatoms. The summed E-state index contributed by atoms with van der Waals surface area (Å²) in [5.74, 6) is 7.46. The Kier molecular flexibility index (Phi) is 9.55. The number of nitrogens with one attached hydrogen (secondary N) is 1. The van der Waals surface area contributed by atoms with E-state index in [-0.39, 0.29) is 13.2 Å². The van der Waals surface area contributed by atoms with E-state index < -0.39 is 5.41 Å². The summed E-state index contributed by atoms with van der Waals surface area (Å²) in [5.41, 5.74) is 11.0. The highest BCUT2D eigenvalue weighted by Crippen LogP contribution is 2.39. The second-order valence-electron chi connectivity index (χ2n) is 11.1. The molecule has 0 radical (unpaired) electrons. The maximum Gasteiger partial charge on any atom is 0.150 e. The minimum atomic E-state index is -0.486. The molecule has 1 atom stereocenters.